The van der Waals surface area contributed by atoms with E-state index in [-0.39, 0.29) is 23.5 Å². The smallest absolute Gasteiger partial charge is 0.247 e. The number of hydrogen-bond acceptors (Lipinski definition) is 4. The number of carbonyl (C=O) groups is 1. The highest BCUT2D eigenvalue weighted by Gasteiger charge is 2.34. The number of benzene rings is 2. The largest absolute Gasteiger partial charge is 0.465 e. The third-order valence-corrected chi connectivity index (χ3v) is 6.84. The molecule has 144 valence electrons. The highest BCUT2D eigenvalue weighted by molar-refractivity contribution is 7.91. The molecule has 1 amide bonds. The van der Waals surface area contributed by atoms with Gasteiger partial charge in [-0.2, -0.15) is 0 Å². The van der Waals surface area contributed by atoms with E-state index in [0.29, 0.717) is 18.7 Å². The first-order valence-electron chi connectivity index (χ1n) is 9.21. The topological polar surface area (TPSA) is 67.6 Å². The van der Waals surface area contributed by atoms with Crippen molar-refractivity contribution in [1.29, 1.82) is 0 Å². The summed E-state index contributed by atoms with van der Waals surface area (Å²) in [6.07, 6.45) is 5.08. The van der Waals surface area contributed by atoms with Gasteiger partial charge in [0.1, 0.15) is 5.76 Å². The van der Waals surface area contributed by atoms with Gasteiger partial charge < -0.3 is 9.32 Å². The summed E-state index contributed by atoms with van der Waals surface area (Å²) in [6.45, 7) is 0.364. The zero-order valence-electron chi connectivity index (χ0n) is 15.3. The van der Waals surface area contributed by atoms with E-state index in [0.717, 1.165) is 16.3 Å². The van der Waals surface area contributed by atoms with Crippen LogP contribution in [0.3, 0.4) is 0 Å². The van der Waals surface area contributed by atoms with Crippen LogP contribution in [0.1, 0.15) is 17.7 Å². The fourth-order valence-electron chi connectivity index (χ4n) is 3.66. The van der Waals surface area contributed by atoms with Crippen molar-refractivity contribution in [2.45, 2.75) is 19.0 Å². The number of nitrogens with zero attached hydrogens (tertiary/aromatic N) is 1. The van der Waals surface area contributed by atoms with E-state index in [4.69, 9.17) is 4.42 Å². The molecule has 6 heteroatoms. The van der Waals surface area contributed by atoms with Crippen LogP contribution >= 0.6 is 0 Å². The van der Waals surface area contributed by atoms with Crippen molar-refractivity contribution in [3.63, 3.8) is 0 Å². The zero-order valence-corrected chi connectivity index (χ0v) is 16.1. The van der Waals surface area contributed by atoms with Crippen LogP contribution in [0.15, 0.2) is 71.4 Å². The Labute approximate surface area is 164 Å². The highest BCUT2D eigenvalue weighted by Crippen LogP contribution is 2.25. The maximum absolute atomic E-state index is 13.0. The van der Waals surface area contributed by atoms with Crippen LogP contribution < -0.4 is 0 Å². The van der Waals surface area contributed by atoms with Gasteiger partial charge in [0.05, 0.1) is 17.8 Å². The van der Waals surface area contributed by atoms with Crippen LogP contribution in [0, 0.1) is 0 Å². The molecule has 0 unspecified atom stereocenters. The van der Waals surface area contributed by atoms with E-state index in [1.54, 1.807) is 29.4 Å². The van der Waals surface area contributed by atoms with E-state index >= 15 is 0 Å². The first-order valence-corrected chi connectivity index (χ1v) is 11.0. The number of sulfone groups is 1. The summed E-state index contributed by atoms with van der Waals surface area (Å²) in [4.78, 5) is 14.7. The molecule has 1 fully saturated rings. The molecule has 0 aliphatic carbocycles. The van der Waals surface area contributed by atoms with Crippen molar-refractivity contribution in [3.05, 3.63) is 78.3 Å². The lowest BCUT2D eigenvalue weighted by Crippen LogP contribution is -2.39. The number of rotatable bonds is 5. The minimum absolute atomic E-state index is 0.0120. The molecule has 3 aromatic rings. The predicted molar refractivity (Wildman–Crippen MR) is 109 cm³/mol. The first-order chi connectivity index (χ1) is 13.5. The van der Waals surface area contributed by atoms with Crippen LogP contribution in [-0.4, -0.2) is 36.8 Å². The Hall–Kier alpha value is -2.86. The quantitative estimate of drug-likeness (QED) is 0.618. The summed E-state index contributed by atoms with van der Waals surface area (Å²) in [5, 5.41) is 2.16. The van der Waals surface area contributed by atoms with Gasteiger partial charge in [-0.3, -0.25) is 4.79 Å². The molecule has 1 atom stereocenters. The Morgan fingerprint density at radius 1 is 1.11 bits per heavy atom. The molecule has 2 aromatic carbocycles. The lowest BCUT2D eigenvalue weighted by Gasteiger charge is -2.28. The maximum atomic E-state index is 13.0. The molecular weight excluding hydrogens is 374 g/mol. The van der Waals surface area contributed by atoms with Crippen molar-refractivity contribution >= 4 is 32.6 Å². The van der Waals surface area contributed by atoms with Crippen LogP contribution in [0.5, 0.6) is 0 Å². The van der Waals surface area contributed by atoms with Crippen molar-refractivity contribution in [2.75, 3.05) is 11.5 Å². The standard InChI is InChI=1S/C22H21NO4S/c24-22(11-10-20-8-4-13-27-20)23(19-12-14-28(25,26)16-19)15-18-7-3-6-17-5-1-2-9-21(17)18/h1-11,13,19H,12,14-16H2/b11-10+/t19-/m0/s1. The van der Waals surface area contributed by atoms with E-state index in [9.17, 15) is 13.2 Å². The summed E-state index contributed by atoms with van der Waals surface area (Å²) in [6, 6.07) is 17.2. The summed E-state index contributed by atoms with van der Waals surface area (Å²) in [7, 11) is -3.10. The Morgan fingerprint density at radius 2 is 1.93 bits per heavy atom. The third-order valence-electron chi connectivity index (χ3n) is 5.09. The molecule has 0 spiro atoms. The molecule has 4 rings (SSSR count). The number of hydrogen-bond donors (Lipinski definition) is 0. The lowest BCUT2D eigenvalue weighted by atomic mass is 10.0. The van der Waals surface area contributed by atoms with Gasteiger partial charge in [0.25, 0.3) is 0 Å². The van der Waals surface area contributed by atoms with Crippen LogP contribution in [0.2, 0.25) is 0 Å². The molecule has 1 aliphatic rings. The van der Waals surface area contributed by atoms with Crippen molar-refractivity contribution in [3.8, 4) is 0 Å². The predicted octanol–water partition coefficient (Wildman–Crippen LogP) is 3.66. The fourth-order valence-corrected chi connectivity index (χ4v) is 5.39. The van der Waals surface area contributed by atoms with Gasteiger partial charge in [-0.05, 0) is 41.0 Å². The molecule has 0 saturated carbocycles. The van der Waals surface area contributed by atoms with Crippen LogP contribution in [0.25, 0.3) is 16.8 Å². The molecule has 1 saturated heterocycles. The van der Waals surface area contributed by atoms with Gasteiger partial charge in [0.2, 0.25) is 5.91 Å². The van der Waals surface area contributed by atoms with E-state index in [2.05, 4.69) is 0 Å². The fraction of sp³-hybridized carbons (Fsp3) is 0.227. The summed E-state index contributed by atoms with van der Waals surface area (Å²) in [5.74, 6) is 0.501. The average Bonchev–Trinajstić information content (AvgIpc) is 3.33. The normalized spacial score (nSPS) is 18.6. The molecule has 1 aromatic heterocycles. The van der Waals surface area contributed by atoms with Crippen LogP contribution in [-0.2, 0) is 21.2 Å². The molecule has 0 bridgehead atoms. The summed E-state index contributed by atoms with van der Waals surface area (Å²) < 4.78 is 29.3. The molecule has 0 N–H and O–H groups in total. The Balaban J connectivity index is 1.65. The number of fused-ring (bicyclic) bond motifs is 1. The molecule has 2 heterocycles. The molecular formula is C22H21NO4S. The van der Waals surface area contributed by atoms with E-state index < -0.39 is 9.84 Å². The van der Waals surface area contributed by atoms with Crippen LogP contribution in [0.4, 0.5) is 0 Å². The van der Waals surface area contributed by atoms with Gasteiger partial charge in [-0.25, -0.2) is 8.42 Å². The van der Waals surface area contributed by atoms with Crippen molar-refractivity contribution < 1.29 is 17.6 Å². The number of amides is 1. The minimum Gasteiger partial charge on any atom is -0.465 e. The second kappa shape index (κ2) is 7.64. The monoisotopic (exact) mass is 395 g/mol. The van der Waals surface area contributed by atoms with Gasteiger partial charge in [0.15, 0.2) is 9.84 Å². The molecule has 0 radical (unpaired) electrons. The third kappa shape index (κ3) is 4.02. The van der Waals surface area contributed by atoms with Crippen molar-refractivity contribution in [1.82, 2.24) is 4.90 Å². The Bertz CT molecular complexity index is 1110. The zero-order chi connectivity index (χ0) is 19.6. The second-order valence-electron chi connectivity index (χ2n) is 7.01. The molecule has 28 heavy (non-hydrogen) atoms. The van der Waals surface area contributed by atoms with Gasteiger partial charge in [0, 0.05) is 18.7 Å². The maximum Gasteiger partial charge on any atom is 0.247 e. The van der Waals surface area contributed by atoms with Gasteiger partial charge in [-0.15, -0.1) is 0 Å². The number of carbonyl (C=O) groups excluding carboxylic acids is 1. The summed E-state index contributed by atoms with van der Waals surface area (Å²) in [5.41, 5.74) is 1.00. The van der Waals surface area contributed by atoms with E-state index in [1.807, 2.05) is 42.5 Å². The SMILES string of the molecule is O=C(/C=C/c1ccco1)N(Cc1cccc2ccccc12)[C@H]1CCS(=O)(=O)C1. The second-order valence-corrected chi connectivity index (χ2v) is 9.24. The molecule has 1 aliphatic heterocycles. The number of furan rings is 1. The van der Waals surface area contributed by atoms with Gasteiger partial charge in [-0.1, -0.05) is 42.5 Å². The van der Waals surface area contributed by atoms with Gasteiger partial charge >= 0.3 is 0 Å². The highest BCUT2D eigenvalue weighted by atomic mass is 32.2. The molecule has 5 nitrogen and oxygen atoms in total. The van der Waals surface area contributed by atoms with Crippen molar-refractivity contribution in [2.24, 2.45) is 0 Å². The first kappa shape index (κ1) is 18.5. The average molecular weight is 395 g/mol. The Kier molecular flexibility index (Phi) is 5.05. The Morgan fingerprint density at radius 3 is 2.68 bits per heavy atom. The lowest BCUT2D eigenvalue weighted by molar-refractivity contribution is -0.128. The minimum atomic E-state index is -3.10. The van der Waals surface area contributed by atoms with E-state index in [1.165, 1.54) is 6.08 Å². The summed E-state index contributed by atoms with van der Waals surface area (Å²) >= 11 is 0.